The van der Waals surface area contributed by atoms with E-state index in [0.29, 0.717) is 6.42 Å². The van der Waals surface area contributed by atoms with Crippen molar-refractivity contribution in [2.75, 3.05) is 0 Å². The molecule has 3 rings (SSSR count). The van der Waals surface area contributed by atoms with E-state index in [2.05, 4.69) is 9.97 Å². The molecule has 0 aliphatic carbocycles. The van der Waals surface area contributed by atoms with Crippen molar-refractivity contribution in [3.05, 3.63) is 90.0 Å². The van der Waals surface area contributed by atoms with E-state index in [1.165, 1.54) is 0 Å². The molecule has 2 aromatic carbocycles. The first-order valence-electron chi connectivity index (χ1n) is 7.60. The molecule has 0 fully saturated rings. The molecular formula is C19H20N2O. The molecule has 22 heavy (non-hydrogen) atoms. The number of imidazole rings is 1. The lowest BCUT2D eigenvalue weighted by molar-refractivity contribution is 0.0687. The number of aromatic amines is 1. The lowest BCUT2D eigenvalue weighted by Gasteiger charge is -2.29. The first-order valence-corrected chi connectivity index (χ1v) is 7.60. The van der Waals surface area contributed by atoms with Crippen LogP contribution in [0.4, 0.5) is 0 Å². The summed E-state index contributed by atoms with van der Waals surface area (Å²) < 4.78 is 0. The molecule has 3 nitrogen and oxygen atoms in total. The van der Waals surface area contributed by atoms with Gasteiger partial charge in [-0.25, -0.2) is 4.98 Å². The second-order valence-corrected chi connectivity index (χ2v) is 5.52. The summed E-state index contributed by atoms with van der Waals surface area (Å²) in [7, 11) is 0. The van der Waals surface area contributed by atoms with Crippen molar-refractivity contribution in [3.8, 4) is 0 Å². The van der Waals surface area contributed by atoms with E-state index in [1.807, 2.05) is 66.9 Å². The topological polar surface area (TPSA) is 48.9 Å². The molecule has 1 aromatic heterocycles. The van der Waals surface area contributed by atoms with Crippen LogP contribution < -0.4 is 0 Å². The quantitative estimate of drug-likeness (QED) is 0.728. The summed E-state index contributed by atoms with van der Waals surface area (Å²) in [4.78, 5) is 7.15. The normalized spacial score (nSPS) is 11.5. The molecule has 1 heterocycles. The van der Waals surface area contributed by atoms with Crippen molar-refractivity contribution in [1.29, 1.82) is 0 Å². The molecule has 3 heteroatoms. The second-order valence-electron chi connectivity index (χ2n) is 5.52. The number of nitrogens with one attached hydrogen (secondary N) is 1. The van der Waals surface area contributed by atoms with E-state index in [-0.39, 0.29) is 0 Å². The second kappa shape index (κ2) is 6.58. The Kier molecular flexibility index (Phi) is 4.35. The molecule has 2 N–H and O–H groups in total. The fourth-order valence-corrected chi connectivity index (χ4v) is 2.84. The molecule has 3 aromatic rings. The molecule has 0 aliphatic rings. The van der Waals surface area contributed by atoms with Crippen LogP contribution in [0.3, 0.4) is 0 Å². The summed E-state index contributed by atoms with van der Waals surface area (Å²) in [5.74, 6) is 0. The molecule has 0 radical (unpaired) electrons. The smallest absolute Gasteiger partial charge is 0.115 e. The molecule has 0 amide bonds. The zero-order valence-corrected chi connectivity index (χ0v) is 12.4. The van der Waals surface area contributed by atoms with E-state index in [0.717, 1.165) is 29.7 Å². The van der Waals surface area contributed by atoms with Crippen LogP contribution in [-0.4, -0.2) is 15.1 Å². The monoisotopic (exact) mass is 292 g/mol. The van der Waals surface area contributed by atoms with Crippen LogP contribution in [0, 0.1) is 0 Å². The van der Waals surface area contributed by atoms with Gasteiger partial charge in [0.15, 0.2) is 0 Å². The molecule has 0 saturated heterocycles. The lowest BCUT2D eigenvalue weighted by Crippen LogP contribution is -2.27. The average molecular weight is 292 g/mol. The van der Waals surface area contributed by atoms with E-state index in [4.69, 9.17) is 0 Å². The van der Waals surface area contributed by atoms with E-state index >= 15 is 0 Å². The molecular weight excluding hydrogens is 272 g/mol. The van der Waals surface area contributed by atoms with Gasteiger partial charge in [0, 0.05) is 11.9 Å². The Morgan fingerprint density at radius 2 is 1.50 bits per heavy atom. The first-order chi connectivity index (χ1) is 10.8. The van der Waals surface area contributed by atoms with Crippen molar-refractivity contribution in [3.63, 3.8) is 0 Å². The number of hydrogen-bond acceptors (Lipinski definition) is 2. The summed E-state index contributed by atoms with van der Waals surface area (Å²) in [5, 5.41) is 11.4. The largest absolute Gasteiger partial charge is 0.380 e. The van der Waals surface area contributed by atoms with Crippen molar-refractivity contribution in [2.24, 2.45) is 0 Å². The fraction of sp³-hybridized carbons (Fsp3) is 0.211. The van der Waals surface area contributed by atoms with Crippen LogP contribution >= 0.6 is 0 Å². The summed E-state index contributed by atoms with van der Waals surface area (Å²) in [5.41, 5.74) is 2.02. The minimum Gasteiger partial charge on any atom is -0.380 e. The number of aryl methyl sites for hydroxylation is 1. The minimum absolute atomic E-state index is 0.667. The third kappa shape index (κ3) is 3.10. The van der Waals surface area contributed by atoms with Gasteiger partial charge in [-0.3, -0.25) is 0 Å². The Morgan fingerprint density at radius 3 is 2.00 bits per heavy atom. The van der Waals surface area contributed by atoms with Gasteiger partial charge < -0.3 is 10.1 Å². The number of H-pyrrole nitrogens is 1. The third-order valence-electron chi connectivity index (χ3n) is 4.04. The SMILES string of the molecule is OC(CCCc1cnc[nH]1)(c1ccccc1)c1ccccc1. The van der Waals surface area contributed by atoms with Crippen molar-refractivity contribution in [1.82, 2.24) is 9.97 Å². The number of hydrogen-bond donors (Lipinski definition) is 2. The summed E-state index contributed by atoms with van der Waals surface area (Å²) in [6.45, 7) is 0. The minimum atomic E-state index is -0.956. The van der Waals surface area contributed by atoms with Crippen LogP contribution in [-0.2, 0) is 12.0 Å². The van der Waals surface area contributed by atoms with Gasteiger partial charge in [-0.1, -0.05) is 60.7 Å². The Hall–Kier alpha value is -2.39. The van der Waals surface area contributed by atoms with E-state index in [9.17, 15) is 5.11 Å². The standard InChI is InChI=1S/C19H20N2O/c22-19(16-8-3-1-4-9-16,17-10-5-2-6-11-17)13-7-12-18-14-20-15-21-18/h1-6,8-11,14-15,22H,7,12-13H2,(H,20,21). The predicted molar refractivity (Wildman–Crippen MR) is 87.4 cm³/mol. The van der Waals surface area contributed by atoms with Crippen LogP contribution in [0.25, 0.3) is 0 Å². The van der Waals surface area contributed by atoms with Gasteiger partial charge in [-0.05, 0) is 30.4 Å². The van der Waals surface area contributed by atoms with Gasteiger partial charge in [0.25, 0.3) is 0 Å². The molecule has 0 unspecified atom stereocenters. The maximum atomic E-state index is 11.4. The highest BCUT2D eigenvalue weighted by Crippen LogP contribution is 2.34. The summed E-state index contributed by atoms with van der Waals surface area (Å²) in [6.07, 6.45) is 5.95. The highest BCUT2D eigenvalue weighted by atomic mass is 16.3. The summed E-state index contributed by atoms with van der Waals surface area (Å²) in [6, 6.07) is 19.8. The molecule has 0 spiro atoms. The Labute approximate surface area is 130 Å². The molecule has 0 saturated carbocycles. The van der Waals surface area contributed by atoms with Gasteiger partial charge >= 0.3 is 0 Å². The highest BCUT2D eigenvalue weighted by molar-refractivity contribution is 5.35. The number of benzene rings is 2. The number of rotatable bonds is 6. The molecule has 0 atom stereocenters. The van der Waals surface area contributed by atoms with Gasteiger partial charge in [0.1, 0.15) is 5.60 Å². The Morgan fingerprint density at radius 1 is 0.909 bits per heavy atom. The molecule has 112 valence electrons. The lowest BCUT2D eigenvalue weighted by atomic mass is 9.82. The van der Waals surface area contributed by atoms with Crippen LogP contribution in [0.2, 0.25) is 0 Å². The third-order valence-corrected chi connectivity index (χ3v) is 4.04. The van der Waals surface area contributed by atoms with Gasteiger partial charge in [-0.2, -0.15) is 0 Å². The van der Waals surface area contributed by atoms with Gasteiger partial charge in [0.2, 0.25) is 0 Å². The van der Waals surface area contributed by atoms with E-state index < -0.39 is 5.60 Å². The first kappa shape index (κ1) is 14.5. The fourth-order valence-electron chi connectivity index (χ4n) is 2.84. The number of aromatic nitrogens is 2. The van der Waals surface area contributed by atoms with E-state index in [1.54, 1.807) is 6.33 Å². The maximum Gasteiger partial charge on any atom is 0.115 e. The molecule has 0 bridgehead atoms. The van der Waals surface area contributed by atoms with Crippen LogP contribution in [0.5, 0.6) is 0 Å². The Balaban J connectivity index is 1.83. The summed E-state index contributed by atoms with van der Waals surface area (Å²) >= 11 is 0. The maximum absolute atomic E-state index is 11.4. The predicted octanol–water partition coefficient (Wildman–Crippen LogP) is 3.67. The van der Waals surface area contributed by atoms with Crippen molar-refractivity contribution < 1.29 is 5.11 Å². The van der Waals surface area contributed by atoms with Crippen molar-refractivity contribution >= 4 is 0 Å². The zero-order valence-electron chi connectivity index (χ0n) is 12.4. The highest BCUT2D eigenvalue weighted by Gasteiger charge is 2.30. The average Bonchev–Trinajstić information content (AvgIpc) is 3.10. The zero-order chi connectivity index (χ0) is 15.3. The number of aliphatic hydroxyl groups is 1. The Bertz CT molecular complexity index is 638. The molecule has 0 aliphatic heterocycles. The van der Waals surface area contributed by atoms with Gasteiger partial charge in [0.05, 0.1) is 6.33 Å². The van der Waals surface area contributed by atoms with Crippen LogP contribution in [0.15, 0.2) is 73.2 Å². The van der Waals surface area contributed by atoms with Gasteiger partial charge in [-0.15, -0.1) is 0 Å². The number of nitrogens with zero attached hydrogens (tertiary/aromatic N) is 1. The van der Waals surface area contributed by atoms with Crippen LogP contribution in [0.1, 0.15) is 29.7 Å². The van der Waals surface area contributed by atoms with Crippen molar-refractivity contribution in [2.45, 2.75) is 24.9 Å².